The van der Waals surface area contributed by atoms with Gasteiger partial charge in [-0.15, -0.1) is 0 Å². The molecular weight excluding hydrogens is 436 g/mol. The number of carbonyl (C=O) groups excluding carboxylic acids is 2. The summed E-state index contributed by atoms with van der Waals surface area (Å²) >= 11 is 0. The minimum absolute atomic E-state index is 0.0386. The smallest absolute Gasteiger partial charge is 0.239 e. The first-order valence-electron chi connectivity index (χ1n) is 12.5. The summed E-state index contributed by atoms with van der Waals surface area (Å²) in [5.41, 5.74) is 5.69. The quantitative estimate of drug-likeness (QED) is 0.571. The van der Waals surface area contributed by atoms with Gasteiger partial charge in [-0.1, -0.05) is 55.8 Å². The molecule has 0 saturated carbocycles. The Morgan fingerprint density at radius 1 is 1.11 bits per heavy atom. The number of aryl methyl sites for hydroxylation is 1. The van der Waals surface area contributed by atoms with Crippen LogP contribution in [0.1, 0.15) is 50.3 Å². The molecule has 1 heterocycles. The first-order chi connectivity index (χ1) is 16.6. The van der Waals surface area contributed by atoms with Crippen LogP contribution in [0.25, 0.3) is 0 Å². The molecule has 0 bridgehead atoms. The van der Waals surface area contributed by atoms with Crippen molar-refractivity contribution in [2.24, 2.45) is 5.41 Å². The Hall–Kier alpha value is -3.12. The van der Waals surface area contributed by atoms with Gasteiger partial charge in [0.1, 0.15) is 0 Å². The lowest BCUT2D eigenvalue weighted by molar-refractivity contribution is -0.120. The van der Waals surface area contributed by atoms with Crippen molar-refractivity contribution in [3.05, 3.63) is 70.9 Å². The lowest BCUT2D eigenvalue weighted by Crippen LogP contribution is -2.42. The maximum Gasteiger partial charge on any atom is 0.239 e. The average molecular weight is 475 g/mol. The van der Waals surface area contributed by atoms with Crippen LogP contribution in [0.2, 0.25) is 0 Å². The fourth-order valence-electron chi connectivity index (χ4n) is 5.16. The molecule has 0 unspecified atom stereocenters. The normalized spacial score (nSPS) is 19.1. The molecule has 1 aliphatic heterocycles. The molecule has 2 aromatic carbocycles. The Bertz CT molecular complexity index is 1120. The van der Waals surface area contributed by atoms with Gasteiger partial charge in [0.15, 0.2) is 5.78 Å². The van der Waals surface area contributed by atoms with Gasteiger partial charge in [0.25, 0.3) is 0 Å². The van der Waals surface area contributed by atoms with E-state index in [0.29, 0.717) is 13.0 Å². The molecule has 6 heteroatoms. The lowest BCUT2D eigenvalue weighted by Gasteiger charge is -2.38. The van der Waals surface area contributed by atoms with Crippen molar-refractivity contribution in [2.45, 2.75) is 46.1 Å². The number of nitrogens with zero attached hydrogens (tertiary/aromatic N) is 2. The fraction of sp³-hybridized carbons (Fsp3) is 0.448. The number of rotatable bonds is 7. The van der Waals surface area contributed by atoms with Crippen LogP contribution in [-0.2, 0) is 9.59 Å². The monoisotopic (exact) mass is 474 g/mol. The van der Waals surface area contributed by atoms with Crippen LogP contribution in [0.5, 0.6) is 0 Å². The van der Waals surface area contributed by atoms with Gasteiger partial charge in [-0.2, -0.15) is 0 Å². The molecule has 0 fully saturated rings. The fourth-order valence-corrected chi connectivity index (χ4v) is 5.16. The van der Waals surface area contributed by atoms with Crippen molar-refractivity contribution in [1.82, 2.24) is 10.2 Å². The summed E-state index contributed by atoms with van der Waals surface area (Å²) in [6.45, 7) is 8.07. The molecule has 2 aromatic rings. The van der Waals surface area contributed by atoms with Crippen LogP contribution in [0.4, 0.5) is 11.4 Å². The summed E-state index contributed by atoms with van der Waals surface area (Å²) in [7, 11) is 4.06. The van der Waals surface area contributed by atoms with Crippen LogP contribution in [-0.4, -0.2) is 50.3 Å². The largest absolute Gasteiger partial charge is 0.357 e. The van der Waals surface area contributed by atoms with Crippen molar-refractivity contribution in [2.75, 3.05) is 43.9 Å². The van der Waals surface area contributed by atoms with E-state index in [9.17, 15) is 9.59 Å². The molecule has 2 N–H and O–H groups in total. The molecule has 0 spiro atoms. The minimum atomic E-state index is -0.335. The second kappa shape index (κ2) is 10.2. The first kappa shape index (κ1) is 25.0. The SMILES string of the molecule is Cc1ccc([C@H]2C3=C(CC(C)(C)CC3=O)Nc3ccccc3N2CC(=O)NCCCN(C)C)cc1. The zero-order valence-electron chi connectivity index (χ0n) is 21.6. The van der Waals surface area contributed by atoms with E-state index >= 15 is 0 Å². The number of benzene rings is 2. The molecular formula is C29H38N4O2. The van der Waals surface area contributed by atoms with Crippen LogP contribution in [0, 0.1) is 12.3 Å². The van der Waals surface area contributed by atoms with E-state index < -0.39 is 0 Å². The van der Waals surface area contributed by atoms with E-state index in [1.54, 1.807) is 0 Å². The van der Waals surface area contributed by atoms with Gasteiger partial charge in [-0.3, -0.25) is 9.59 Å². The summed E-state index contributed by atoms with van der Waals surface area (Å²) < 4.78 is 0. The van der Waals surface area contributed by atoms with E-state index in [1.807, 2.05) is 38.4 Å². The molecule has 0 radical (unpaired) electrons. The molecule has 1 aliphatic carbocycles. The minimum Gasteiger partial charge on any atom is -0.357 e. The summed E-state index contributed by atoms with van der Waals surface area (Å²) in [5.74, 6) is 0.113. The molecule has 1 amide bonds. The Morgan fingerprint density at radius 3 is 2.54 bits per heavy atom. The highest BCUT2D eigenvalue weighted by Crippen LogP contribution is 2.48. The number of anilines is 2. The first-order valence-corrected chi connectivity index (χ1v) is 12.5. The number of amides is 1. The number of nitrogens with one attached hydrogen (secondary N) is 2. The number of fused-ring (bicyclic) bond motifs is 1. The highest BCUT2D eigenvalue weighted by Gasteiger charge is 2.41. The third-order valence-corrected chi connectivity index (χ3v) is 6.82. The van der Waals surface area contributed by atoms with Gasteiger partial charge in [-0.25, -0.2) is 0 Å². The highest BCUT2D eigenvalue weighted by molar-refractivity contribution is 6.01. The van der Waals surface area contributed by atoms with Crippen molar-refractivity contribution in [3.63, 3.8) is 0 Å². The molecule has 0 saturated heterocycles. The predicted octanol–water partition coefficient (Wildman–Crippen LogP) is 4.68. The third-order valence-electron chi connectivity index (χ3n) is 6.82. The van der Waals surface area contributed by atoms with E-state index in [0.717, 1.165) is 53.2 Å². The Kier molecular flexibility index (Phi) is 7.31. The Labute approximate surface area is 209 Å². The molecule has 4 rings (SSSR count). The van der Waals surface area contributed by atoms with E-state index in [4.69, 9.17) is 0 Å². The van der Waals surface area contributed by atoms with Crippen LogP contribution in [0.15, 0.2) is 59.8 Å². The lowest BCUT2D eigenvalue weighted by atomic mass is 9.73. The summed E-state index contributed by atoms with van der Waals surface area (Å²) in [6, 6.07) is 16.1. The summed E-state index contributed by atoms with van der Waals surface area (Å²) in [6.07, 6.45) is 2.17. The molecule has 1 atom stereocenters. The number of Topliss-reactive ketones (excluding diaryl/α,β-unsaturated/α-hetero) is 1. The van der Waals surface area contributed by atoms with Gasteiger partial charge in [-0.05, 0) is 63.5 Å². The number of ketones is 1. The Balaban J connectivity index is 1.77. The van der Waals surface area contributed by atoms with Crippen LogP contribution in [0.3, 0.4) is 0 Å². The second-order valence-electron chi connectivity index (χ2n) is 10.9. The zero-order chi connectivity index (χ0) is 25.2. The third kappa shape index (κ3) is 5.76. The Morgan fingerprint density at radius 2 is 1.83 bits per heavy atom. The summed E-state index contributed by atoms with van der Waals surface area (Å²) in [4.78, 5) is 31.1. The number of hydrogen-bond acceptors (Lipinski definition) is 5. The van der Waals surface area contributed by atoms with Crippen molar-refractivity contribution in [1.29, 1.82) is 0 Å². The van der Waals surface area contributed by atoms with E-state index in [-0.39, 0.29) is 29.7 Å². The van der Waals surface area contributed by atoms with Crippen molar-refractivity contribution >= 4 is 23.1 Å². The van der Waals surface area contributed by atoms with Crippen molar-refractivity contribution in [3.8, 4) is 0 Å². The average Bonchev–Trinajstić information content (AvgIpc) is 2.91. The summed E-state index contributed by atoms with van der Waals surface area (Å²) in [5, 5.41) is 6.69. The topological polar surface area (TPSA) is 64.7 Å². The number of para-hydroxylation sites is 2. The zero-order valence-corrected chi connectivity index (χ0v) is 21.6. The highest BCUT2D eigenvalue weighted by atomic mass is 16.2. The van der Waals surface area contributed by atoms with E-state index in [1.165, 1.54) is 0 Å². The van der Waals surface area contributed by atoms with Gasteiger partial charge in [0.2, 0.25) is 5.91 Å². The number of hydrogen-bond donors (Lipinski definition) is 2. The van der Waals surface area contributed by atoms with E-state index in [2.05, 4.69) is 65.5 Å². The predicted molar refractivity (Wildman–Crippen MR) is 143 cm³/mol. The molecule has 6 nitrogen and oxygen atoms in total. The number of carbonyl (C=O) groups is 2. The van der Waals surface area contributed by atoms with Crippen LogP contribution < -0.4 is 15.5 Å². The molecule has 186 valence electrons. The van der Waals surface area contributed by atoms with Gasteiger partial charge >= 0.3 is 0 Å². The second-order valence-corrected chi connectivity index (χ2v) is 10.9. The van der Waals surface area contributed by atoms with Gasteiger partial charge in [0, 0.05) is 24.2 Å². The van der Waals surface area contributed by atoms with Crippen LogP contribution >= 0.6 is 0 Å². The maximum absolute atomic E-state index is 13.7. The number of allylic oxidation sites excluding steroid dienone is 1. The molecule has 2 aliphatic rings. The van der Waals surface area contributed by atoms with Crippen molar-refractivity contribution < 1.29 is 9.59 Å². The maximum atomic E-state index is 13.7. The van der Waals surface area contributed by atoms with Gasteiger partial charge in [0.05, 0.1) is 24.0 Å². The van der Waals surface area contributed by atoms with Gasteiger partial charge < -0.3 is 20.4 Å². The standard InChI is InChI=1S/C29H38N4O2/c1-20-11-13-21(14-12-20)28-27-23(17-29(2,3)18-25(27)34)31-22-9-6-7-10-24(22)33(28)19-26(35)30-15-8-16-32(4)5/h6-7,9-14,28,31H,8,15-19H2,1-5H3,(H,30,35)/t28-/m0/s1. The molecule has 0 aromatic heterocycles. The molecule has 35 heavy (non-hydrogen) atoms.